The van der Waals surface area contributed by atoms with Crippen molar-refractivity contribution in [1.29, 1.82) is 0 Å². The molecule has 0 aromatic carbocycles. The van der Waals surface area contributed by atoms with E-state index in [4.69, 9.17) is 13.3 Å². The van der Waals surface area contributed by atoms with Crippen molar-refractivity contribution < 1.29 is 17.4 Å². The Bertz CT molecular complexity index is 140. The Morgan fingerprint density at radius 2 is 1.38 bits per heavy atom. The van der Waals surface area contributed by atoms with Crippen LogP contribution in [0.5, 0.6) is 0 Å². The summed E-state index contributed by atoms with van der Waals surface area (Å²) in [5.74, 6) is 0. The molecule has 0 aliphatic carbocycles. The number of rotatable bonds is 6. The van der Waals surface area contributed by atoms with E-state index in [1.54, 1.807) is 21.3 Å². The Morgan fingerprint density at radius 1 is 1.00 bits per heavy atom. The molecule has 13 heavy (non-hydrogen) atoms. The maximum Gasteiger partial charge on any atom is 0.783 e. The summed E-state index contributed by atoms with van der Waals surface area (Å²) in [5.41, 5.74) is 0. The minimum absolute atomic E-state index is 0.660. The first-order valence-electron chi connectivity index (χ1n) is 4.48. The van der Waals surface area contributed by atoms with E-state index in [2.05, 4.69) is 21.0 Å². The number of quaternary nitrogens is 1. The zero-order valence-electron chi connectivity index (χ0n) is 9.59. The van der Waals surface area contributed by atoms with Crippen LogP contribution in [0, 0.1) is 0 Å². The van der Waals surface area contributed by atoms with Crippen LogP contribution in [-0.4, -0.2) is 55.1 Å². The largest absolute Gasteiger partial charge is 0.783 e. The van der Waals surface area contributed by atoms with Gasteiger partial charge in [-0.2, -0.15) is 0 Å². The Kier molecular flexibility index (Phi) is 5.09. The van der Waals surface area contributed by atoms with Crippen LogP contribution in [0.4, 0.5) is 0 Å². The fourth-order valence-corrected chi connectivity index (χ4v) is 4.17. The van der Waals surface area contributed by atoms with Gasteiger partial charge in [-0.1, -0.05) is 6.92 Å². The van der Waals surface area contributed by atoms with Crippen molar-refractivity contribution in [1.82, 2.24) is 0 Å². The summed E-state index contributed by atoms with van der Waals surface area (Å²) in [6, 6.07) is 0. The first kappa shape index (κ1) is 13.1. The van der Waals surface area contributed by atoms with Gasteiger partial charge in [0.15, 0.2) is 0 Å². The molecule has 0 fully saturated rings. The minimum Gasteiger partial charge on any atom is -0.328 e. The van der Waals surface area contributed by atoms with Crippen LogP contribution in [0.15, 0.2) is 0 Å². The normalized spacial score (nSPS) is 13.4. The molecule has 0 atom stereocenters. The molecule has 0 aromatic rings. The van der Waals surface area contributed by atoms with Crippen molar-refractivity contribution in [3.63, 3.8) is 0 Å². The van der Waals surface area contributed by atoms with Crippen LogP contribution in [0.1, 0.15) is 13.3 Å². The highest BCUT2D eigenvalue weighted by Crippen LogP contribution is 2.18. The average molecular weight is 208 g/mol. The molecule has 0 N–H and O–H groups in total. The smallest absolute Gasteiger partial charge is 0.328 e. The Morgan fingerprint density at radius 3 is 1.62 bits per heavy atom. The quantitative estimate of drug-likeness (QED) is 0.606. The van der Waals surface area contributed by atoms with E-state index < -0.39 is 8.97 Å². The monoisotopic (exact) mass is 208 g/mol. The molecule has 0 spiro atoms. The molecule has 4 nitrogen and oxygen atoms in total. The van der Waals surface area contributed by atoms with Gasteiger partial charge in [-0.3, -0.25) is 0 Å². The summed E-state index contributed by atoms with van der Waals surface area (Å²) < 4.78 is 16.9. The topological polar surface area (TPSA) is 27.7 Å². The van der Waals surface area contributed by atoms with E-state index in [-0.39, 0.29) is 0 Å². The second-order valence-electron chi connectivity index (χ2n) is 3.54. The maximum atomic E-state index is 5.42. The molecule has 0 aliphatic rings. The number of hydrogen-bond donors (Lipinski definition) is 0. The van der Waals surface area contributed by atoms with Gasteiger partial charge in [-0.05, 0) is 6.42 Å². The van der Waals surface area contributed by atoms with E-state index in [0.29, 0.717) is 4.15 Å². The summed E-state index contributed by atoms with van der Waals surface area (Å²) in [6.45, 7) is 3.13. The Hall–Kier alpha value is 0.0569. The molecule has 0 radical (unpaired) electrons. The van der Waals surface area contributed by atoms with Gasteiger partial charge in [0.25, 0.3) is 0 Å². The lowest BCUT2D eigenvalue weighted by Gasteiger charge is -2.39. The van der Waals surface area contributed by atoms with Crippen LogP contribution in [0.3, 0.4) is 0 Å². The van der Waals surface area contributed by atoms with Gasteiger partial charge in [-0.25, -0.2) is 0 Å². The van der Waals surface area contributed by atoms with Crippen molar-refractivity contribution >= 4 is 8.97 Å². The molecular formula is C8H22NO3Si+. The van der Waals surface area contributed by atoms with Crippen LogP contribution >= 0.6 is 0 Å². The SMILES string of the molecule is CCC[N+](C)(C)[Si](OC)(OC)OC. The molecule has 0 amide bonds. The lowest BCUT2D eigenvalue weighted by Crippen LogP contribution is -2.68. The predicted molar refractivity (Wildman–Crippen MR) is 54.0 cm³/mol. The molecular weight excluding hydrogens is 186 g/mol. The highest BCUT2D eigenvalue weighted by Gasteiger charge is 2.59. The molecule has 5 heteroatoms. The van der Waals surface area contributed by atoms with Gasteiger partial charge in [0.05, 0.1) is 20.6 Å². The molecule has 0 aliphatic heterocycles. The lowest BCUT2D eigenvalue weighted by molar-refractivity contribution is -0.819. The molecule has 0 bridgehead atoms. The molecule has 0 heterocycles. The fraction of sp³-hybridized carbons (Fsp3) is 1.00. The second kappa shape index (κ2) is 5.07. The van der Waals surface area contributed by atoms with Gasteiger partial charge in [0, 0.05) is 21.3 Å². The van der Waals surface area contributed by atoms with E-state index in [1.165, 1.54) is 0 Å². The van der Waals surface area contributed by atoms with Crippen LogP contribution < -0.4 is 0 Å². The van der Waals surface area contributed by atoms with Gasteiger partial charge in [0.2, 0.25) is 0 Å². The van der Waals surface area contributed by atoms with Crippen LogP contribution in [-0.2, 0) is 13.3 Å². The van der Waals surface area contributed by atoms with Crippen molar-refractivity contribution in [3.8, 4) is 0 Å². The Balaban J connectivity index is 4.68. The van der Waals surface area contributed by atoms with E-state index in [1.807, 2.05) is 0 Å². The summed E-state index contributed by atoms with van der Waals surface area (Å²) >= 11 is 0. The van der Waals surface area contributed by atoms with Gasteiger partial charge >= 0.3 is 8.97 Å². The van der Waals surface area contributed by atoms with Gasteiger partial charge in [0.1, 0.15) is 0 Å². The van der Waals surface area contributed by atoms with Gasteiger partial charge in [-0.15, -0.1) is 0 Å². The summed E-state index contributed by atoms with van der Waals surface area (Å²) in [7, 11) is 6.57. The molecule has 0 unspecified atom stereocenters. The number of nitrogens with zero attached hydrogens (tertiary/aromatic N) is 1. The molecule has 80 valence electrons. The molecule has 0 saturated heterocycles. The van der Waals surface area contributed by atoms with Crippen molar-refractivity contribution in [3.05, 3.63) is 0 Å². The maximum absolute atomic E-state index is 5.42. The fourth-order valence-electron chi connectivity index (χ4n) is 1.69. The summed E-state index contributed by atoms with van der Waals surface area (Å²) in [5, 5.41) is 0. The predicted octanol–water partition coefficient (Wildman–Crippen LogP) is 0.848. The minimum atomic E-state index is -2.53. The van der Waals surface area contributed by atoms with Crippen LogP contribution in [0.25, 0.3) is 0 Å². The number of hydrogen-bond acceptors (Lipinski definition) is 3. The molecule has 0 rings (SSSR count). The summed E-state index contributed by atoms with van der Waals surface area (Å²) in [4.78, 5) is 0. The van der Waals surface area contributed by atoms with E-state index in [9.17, 15) is 0 Å². The first-order valence-corrected chi connectivity index (χ1v) is 6.15. The van der Waals surface area contributed by atoms with Crippen molar-refractivity contribution in [2.24, 2.45) is 0 Å². The van der Waals surface area contributed by atoms with Crippen molar-refractivity contribution in [2.75, 3.05) is 42.0 Å². The van der Waals surface area contributed by atoms with E-state index >= 15 is 0 Å². The molecule has 0 aromatic heterocycles. The zero-order valence-corrected chi connectivity index (χ0v) is 10.6. The molecule has 0 saturated carbocycles. The van der Waals surface area contributed by atoms with Crippen LogP contribution in [0.2, 0.25) is 0 Å². The third kappa shape index (κ3) is 2.51. The standard InChI is InChI=1S/C8H22NO3Si/c1-7-8-9(2,3)13(10-4,11-5)12-6/h7-8H2,1-6H3/q+1. The first-order chi connectivity index (χ1) is 5.99. The summed E-state index contributed by atoms with van der Waals surface area (Å²) in [6.07, 6.45) is 1.08. The average Bonchev–Trinajstić information content (AvgIpc) is 2.07. The highest BCUT2D eigenvalue weighted by atomic mass is 28.4. The Labute approximate surface area is 82.4 Å². The lowest BCUT2D eigenvalue weighted by atomic mass is 10.5. The highest BCUT2D eigenvalue weighted by molar-refractivity contribution is 6.52. The van der Waals surface area contributed by atoms with Crippen molar-refractivity contribution in [2.45, 2.75) is 13.3 Å². The van der Waals surface area contributed by atoms with E-state index in [0.717, 1.165) is 13.0 Å². The second-order valence-corrected chi connectivity index (χ2v) is 7.03. The van der Waals surface area contributed by atoms with Gasteiger partial charge < -0.3 is 17.4 Å². The zero-order chi connectivity index (χ0) is 10.5. The third-order valence-corrected chi connectivity index (χ3v) is 5.55. The third-order valence-electron chi connectivity index (χ3n) is 2.30.